The van der Waals surface area contributed by atoms with Crippen molar-refractivity contribution in [1.29, 1.82) is 0 Å². The van der Waals surface area contributed by atoms with Crippen molar-refractivity contribution < 1.29 is 14.4 Å². The first-order valence-corrected chi connectivity index (χ1v) is 10.9. The number of nitrogens with one attached hydrogen (secondary N) is 1. The summed E-state index contributed by atoms with van der Waals surface area (Å²) in [5.41, 5.74) is 4.93. The van der Waals surface area contributed by atoms with Crippen LogP contribution in [0.4, 0.5) is 0 Å². The van der Waals surface area contributed by atoms with Gasteiger partial charge < -0.3 is 19.5 Å². The number of rotatable bonds is 3. The van der Waals surface area contributed by atoms with Crippen LogP contribution in [0.15, 0.2) is 22.7 Å². The highest BCUT2D eigenvalue weighted by atomic mass is 16.5. The molecule has 2 fully saturated rings. The standard InChI is InChI=1S/C23H28N4O3/c1-13-22(14(2)30-26-13)15-6-11-20-19(12-15)25-23(18-4-3-5-21(29)24-18)27(20)16-7-9-17(28)10-8-16/h6,11-12,16-18,28H,3-5,7-10H2,1-2H3,(H,24,29)/t16-,17-,18-/m0/s1. The summed E-state index contributed by atoms with van der Waals surface area (Å²) in [7, 11) is 0. The molecule has 0 spiro atoms. The fourth-order valence-electron chi connectivity index (χ4n) is 5.11. The number of aliphatic hydroxyl groups is 1. The normalized spacial score (nSPS) is 24.9. The first kappa shape index (κ1) is 19.3. The summed E-state index contributed by atoms with van der Waals surface area (Å²) < 4.78 is 7.68. The molecular formula is C23H28N4O3. The Morgan fingerprint density at radius 1 is 1.17 bits per heavy atom. The van der Waals surface area contributed by atoms with Crippen molar-refractivity contribution in [3.63, 3.8) is 0 Å². The molecule has 0 unspecified atom stereocenters. The largest absolute Gasteiger partial charge is 0.393 e. The van der Waals surface area contributed by atoms with Gasteiger partial charge in [0.2, 0.25) is 5.91 Å². The van der Waals surface area contributed by atoms with Gasteiger partial charge in [-0.05, 0) is 70.1 Å². The number of carbonyl (C=O) groups is 1. The molecule has 7 nitrogen and oxygen atoms in total. The number of piperidine rings is 1. The summed E-state index contributed by atoms with van der Waals surface area (Å²) in [4.78, 5) is 17.1. The molecule has 1 aliphatic carbocycles. The Balaban J connectivity index is 1.62. The second-order valence-corrected chi connectivity index (χ2v) is 8.72. The molecule has 1 aliphatic heterocycles. The maximum atomic E-state index is 12.1. The average molecular weight is 409 g/mol. The van der Waals surface area contributed by atoms with E-state index in [1.165, 1.54) is 0 Å². The summed E-state index contributed by atoms with van der Waals surface area (Å²) in [6.07, 6.45) is 5.62. The molecule has 158 valence electrons. The van der Waals surface area contributed by atoms with E-state index >= 15 is 0 Å². The van der Waals surface area contributed by atoms with E-state index in [1.54, 1.807) is 0 Å². The molecule has 2 aromatic heterocycles. The van der Waals surface area contributed by atoms with Crippen LogP contribution in [0.2, 0.25) is 0 Å². The van der Waals surface area contributed by atoms with E-state index < -0.39 is 0 Å². The van der Waals surface area contributed by atoms with Crippen molar-refractivity contribution in [3.05, 3.63) is 35.5 Å². The lowest BCUT2D eigenvalue weighted by Crippen LogP contribution is -2.35. The third-order valence-corrected chi connectivity index (χ3v) is 6.61. The van der Waals surface area contributed by atoms with E-state index in [9.17, 15) is 9.90 Å². The molecule has 5 rings (SSSR count). The summed E-state index contributed by atoms with van der Waals surface area (Å²) in [6, 6.07) is 6.56. The van der Waals surface area contributed by atoms with Gasteiger partial charge >= 0.3 is 0 Å². The average Bonchev–Trinajstić information content (AvgIpc) is 3.28. The van der Waals surface area contributed by atoms with E-state index in [-0.39, 0.29) is 24.1 Å². The van der Waals surface area contributed by atoms with Gasteiger partial charge in [-0.1, -0.05) is 11.2 Å². The number of aryl methyl sites for hydroxylation is 2. The molecule has 1 atom stereocenters. The molecule has 1 saturated heterocycles. The Hall–Kier alpha value is -2.67. The van der Waals surface area contributed by atoms with Gasteiger partial charge in [-0.3, -0.25) is 4.79 Å². The van der Waals surface area contributed by atoms with Gasteiger partial charge in [0.1, 0.15) is 11.6 Å². The minimum absolute atomic E-state index is 0.0620. The van der Waals surface area contributed by atoms with Crippen LogP contribution in [0.1, 0.15) is 74.3 Å². The Bertz CT molecular complexity index is 1070. The van der Waals surface area contributed by atoms with Gasteiger partial charge in [0.05, 0.1) is 28.9 Å². The van der Waals surface area contributed by atoms with Crippen molar-refractivity contribution >= 4 is 16.9 Å². The Morgan fingerprint density at radius 3 is 2.67 bits per heavy atom. The molecular weight excluding hydrogens is 380 g/mol. The van der Waals surface area contributed by atoms with E-state index in [2.05, 4.69) is 33.2 Å². The zero-order chi connectivity index (χ0) is 20.8. The van der Waals surface area contributed by atoms with Crippen molar-refractivity contribution in [2.45, 2.75) is 77.0 Å². The molecule has 30 heavy (non-hydrogen) atoms. The lowest BCUT2D eigenvalue weighted by molar-refractivity contribution is -0.123. The van der Waals surface area contributed by atoms with Gasteiger partial charge in [0.25, 0.3) is 0 Å². The lowest BCUT2D eigenvalue weighted by atomic mass is 9.92. The van der Waals surface area contributed by atoms with E-state index in [4.69, 9.17) is 9.51 Å². The van der Waals surface area contributed by atoms with Gasteiger partial charge in [-0.15, -0.1) is 0 Å². The van der Waals surface area contributed by atoms with Crippen LogP contribution < -0.4 is 5.32 Å². The molecule has 1 aromatic carbocycles. The zero-order valence-corrected chi connectivity index (χ0v) is 17.5. The SMILES string of the molecule is Cc1noc(C)c1-c1ccc2c(c1)nc([C@@H]1CCCC(=O)N1)n2[C@H]1CC[C@H](O)CC1. The second kappa shape index (κ2) is 7.54. The number of nitrogens with zero attached hydrogens (tertiary/aromatic N) is 3. The molecule has 3 heterocycles. The summed E-state index contributed by atoms with van der Waals surface area (Å²) in [6.45, 7) is 3.87. The van der Waals surface area contributed by atoms with Crippen molar-refractivity contribution in [2.75, 3.05) is 0 Å². The summed E-state index contributed by atoms with van der Waals surface area (Å²) in [5, 5.41) is 17.2. The molecule has 0 bridgehead atoms. The highest BCUT2D eigenvalue weighted by Crippen LogP contribution is 2.37. The number of hydrogen-bond acceptors (Lipinski definition) is 5. The maximum Gasteiger partial charge on any atom is 0.220 e. The molecule has 1 saturated carbocycles. The van der Waals surface area contributed by atoms with Gasteiger partial charge in [-0.25, -0.2) is 4.98 Å². The minimum atomic E-state index is -0.208. The molecule has 2 aliphatic rings. The Labute approximate surface area is 175 Å². The predicted octanol–water partition coefficient (Wildman–Crippen LogP) is 4.13. The van der Waals surface area contributed by atoms with Crippen LogP contribution in [0.3, 0.4) is 0 Å². The third kappa shape index (κ3) is 3.31. The molecule has 2 N–H and O–H groups in total. The molecule has 3 aromatic rings. The van der Waals surface area contributed by atoms with Crippen LogP contribution in [0.25, 0.3) is 22.2 Å². The minimum Gasteiger partial charge on any atom is -0.393 e. The van der Waals surface area contributed by atoms with Gasteiger partial charge in [-0.2, -0.15) is 0 Å². The fraction of sp³-hybridized carbons (Fsp3) is 0.522. The highest BCUT2D eigenvalue weighted by Gasteiger charge is 2.30. The predicted molar refractivity (Wildman–Crippen MR) is 113 cm³/mol. The topological polar surface area (TPSA) is 93.2 Å². The zero-order valence-electron chi connectivity index (χ0n) is 17.5. The van der Waals surface area contributed by atoms with E-state index in [0.29, 0.717) is 6.42 Å². The van der Waals surface area contributed by atoms with E-state index in [1.807, 2.05) is 13.8 Å². The number of aliphatic hydroxyl groups excluding tert-OH is 1. The smallest absolute Gasteiger partial charge is 0.220 e. The summed E-state index contributed by atoms with van der Waals surface area (Å²) in [5.74, 6) is 1.84. The van der Waals surface area contributed by atoms with Crippen LogP contribution in [-0.4, -0.2) is 31.8 Å². The maximum absolute atomic E-state index is 12.1. The van der Waals surface area contributed by atoms with Crippen LogP contribution >= 0.6 is 0 Å². The lowest BCUT2D eigenvalue weighted by Gasteiger charge is -2.31. The van der Waals surface area contributed by atoms with Crippen molar-refractivity contribution in [1.82, 2.24) is 20.0 Å². The van der Waals surface area contributed by atoms with Crippen LogP contribution in [0, 0.1) is 13.8 Å². The number of fused-ring (bicyclic) bond motifs is 1. The van der Waals surface area contributed by atoms with Crippen molar-refractivity contribution in [3.8, 4) is 11.1 Å². The number of aromatic nitrogens is 3. The first-order chi connectivity index (χ1) is 14.5. The van der Waals surface area contributed by atoms with Crippen molar-refractivity contribution in [2.24, 2.45) is 0 Å². The molecule has 0 radical (unpaired) electrons. The number of hydrogen-bond donors (Lipinski definition) is 2. The monoisotopic (exact) mass is 408 g/mol. The Morgan fingerprint density at radius 2 is 1.97 bits per heavy atom. The quantitative estimate of drug-likeness (QED) is 0.680. The van der Waals surface area contributed by atoms with E-state index in [0.717, 1.165) is 78.0 Å². The van der Waals surface area contributed by atoms with Crippen LogP contribution in [0.5, 0.6) is 0 Å². The number of imidazole rings is 1. The first-order valence-electron chi connectivity index (χ1n) is 10.9. The van der Waals surface area contributed by atoms with Crippen LogP contribution in [-0.2, 0) is 4.79 Å². The number of benzene rings is 1. The highest BCUT2D eigenvalue weighted by molar-refractivity contribution is 5.84. The number of amides is 1. The third-order valence-electron chi connectivity index (χ3n) is 6.61. The molecule has 7 heteroatoms. The fourth-order valence-corrected chi connectivity index (χ4v) is 5.11. The summed E-state index contributed by atoms with van der Waals surface area (Å²) >= 11 is 0. The second-order valence-electron chi connectivity index (χ2n) is 8.72. The molecule has 1 amide bonds. The number of carbonyl (C=O) groups excluding carboxylic acids is 1. The van der Waals surface area contributed by atoms with Gasteiger partial charge in [0, 0.05) is 18.0 Å². The van der Waals surface area contributed by atoms with Gasteiger partial charge in [0.15, 0.2) is 0 Å². The Kier molecular flexibility index (Phi) is 4.85.